The maximum Gasteiger partial charge on any atom is 0.149 e. The molecular weight excluding hydrogens is 488 g/mol. The van der Waals surface area contributed by atoms with E-state index in [2.05, 4.69) is 36.6 Å². The van der Waals surface area contributed by atoms with Gasteiger partial charge in [0.2, 0.25) is 0 Å². The molecule has 0 radical (unpaired) electrons. The molecule has 3 aromatic heterocycles. The molecule has 3 aliphatic rings. The Morgan fingerprint density at radius 1 is 1.00 bits per heavy atom. The highest BCUT2D eigenvalue weighted by molar-refractivity contribution is 7.13. The first-order chi connectivity index (χ1) is 18.3. The average molecular weight is 523 g/mol. The first-order valence-electron chi connectivity index (χ1n) is 13.5. The number of nitrogens with zero attached hydrogens (tertiary/aromatic N) is 7. The van der Waals surface area contributed by atoms with Crippen LogP contribution < -0.4 is 5.32 Å². The van der Waals surface area contributed by atoms with E-state index in [0.717, 1.165) is 98.3 Å². The standard InChI is InChI=1S/C26H34N8O2S/c27-8-5-22-24-25(29-19-1-3-20(4-2-19)33-9-13-36-14-10-33)30-23(31-26(24)37-32-22)15-18-16-28-34(17-18)21-6-11-35-12-7-21/h16-17,19-21H,1-7,9-15H2,(H,29,30,31). The third-order valence-electron chi connectivity index (χ3n) is 7.88. The van der Waals surface area contributed by atoms with E-state index in [1.165, 1.54) is 24.4 Å². The van der Waals surface area contributed by atoms with Gasteiger partial charge in [0.15, 0.2) is 0 Å². The molecule has 196 valence electrons. The van der Waals surface area contributed by atoms with Crippen LogP contribution in [0.3, 0.4) is 0 Å². The molecule has 2 saturated heterocycles. The third-order valence-corrected chi connectivity index (χ3v) is 8.66. The van der Waals surface area contributed by atoms with Crippen LogP contribution >= 0.6 is 11.5 Å². The zero-order chi connectivity index (χ0) is 25.0. The first-order valence-corrected chi connectivity index (χ1v) is 14.3. The van der Waals surface area contributed by atoms with Crippen molar-refractivity contribution in [2.24, 2.45) is 0 Å². The van der Waals surface area contributed by atoms with E-state index in [-0.39, 0.29) is 6.42 Å². The predicted octanol–water partition coefficient (Wildman–Crippen LogP) is 3.35. The van der Waals surface area contributed by atoms with Crippen molar-refractivity contribution in [3.05, 3.63) is 29.5 Å². The Bertz CT molecular complexity index is 1230. The Morgan fingerprint density at radius 2 is 1.78 bits per heavy atom. The van der Waals surface area contributed by atoms with Gasteiger partial charge in [-0.15, -0.1) is 0 Å². The zero-order valence-corrected chi connectivity index (χ0v) is 22.0. The van der Waals surface area contributed by atoms with Crippen LogP contribution in [-0.2, 0) is 22.3 Å². The van der Waals surface area contributed by atoms with Crippen LogP contribution in [0.4, 0.5) is 5.82 Å². The summed E-state index contributed by atoms with van der Waals surface area (Å²) in [6.07, 6.45) is 11.5. The number of ether oxygens (including phenoxy) is 2. The molecule has 0 bridgehead atoms. The molecule has 5 heterocycles. The number of hydrogen-bond acceptors (Lipinski definition) is 10. The van der Waals surface area contributed by atoms with Crippen LogP contribution in [0, 0.1) is 11.3 Å². The van der Waals surface area contributed by atoms with E-state index in [4.69, 9.17) is 19.4 Å². The van der Waals surface area contributed by atoms with Gasteiger partial charge in [-0.1, -0.05) is 0 Å². The van der Waals surface area contributed by atoms with E-state index in [0.29, 0.717) is 24.5 Å². The largest absolute Gasteiger partial charge is 0.381 e. The quantitative estimate of drug-likeness (QED) is 0.499. The minimum Gasteiger partial charge on any atom is -0.381 e. The number of rotatable bonds is 7. The van der Waals surface area contributed by atoms with E-state index < -0.39 is 0 Å². The lowest BCUT2D eigenvalue weighted by molar-refractivity contribution is 0.00791. The minimum atomic E-state index is 0.263. The Hall–Kier alpha value is -2.65. The second-order valence-corrected chi connectivity index (χ2v) is 11.0. The van der Waals surface area contributed by atoms with Crippen molar-refractivity contribution in [3.8, 4) is 6.07 Å². The number of hydrogen-bond donors (Lipinski definition) is 1. The molecule has 6 rings (SSSR count). The molecule has 1 saturated carbocycles. The molecule has 3 fully saturated rings. The summed E-state index contributed by atoms with van der Waals surface area (Å²) in [6, 6.07) is 3.64. The summed E-state index contributed by atoms with van der Waals surface area (Å²) in [5.74, 6) is 1.58. The van der Waals surface area contributed by atoms with Gasteiger partial charge in [0, 0.05) is 51.0 Å². The summed E-state index contributed by atoms with van der Waals surface area (Å²) < 4.78 is 17.7. The fraction of sp³-hybridized carbons (Fsp3) is 0.654. The summed E-state index contributed by atoms with van der Waals surface area (Å²) in [6.45, 7) is 5.37. The van der Waals surface area contributed by atoms with Gasteiger partial charge in [0.1, 0.15) is 16.5 Å². The molecule has 37 heavy (non-hydrogen) atoms. The molecule has 1 N–H and O–H groups in total. The van der Waals surface area contributed by atoms with Crippen LogP contribution in [0.15, 0.2) is 12.4 Å². The molecular formula is C26H34N8O2S. The highest BCUT2D eigenvalue weighted by Crippen LogP contribution is 2.32. The maximum atomic E-state index is 9.34. The maximum absolute atomic E-state index is 9.34. The minimum absolute atomic E-state index is 0.263. The van der Waals surface area contributed by atoms with Gasteiger partial charge >= 0.3 is 0 Å². The van der Waals surface area contributed by atoms with E-state index >= 15 is 0 Å². The fourth-order valence-electron chi connectivity index (χ4n) is 5.86. The van der Waals surface area contributed by atoms with Gasteiger partial charge in [-0.3, -0.25) is 9.58 Å². The van der Waals surface area contributed by atoms with Crippen LogP contribution in [-0.4, -0.2) is 80.6 Å². The fourth-order valence-corrected chi connectivity index (χ4v) is 6.66. The Kier molecular flexibility index (Phi) is 7.60. The lowest BCUT2D eigenvalue weighted by atomic mass is 9.90. The highest BCUT2D eigenvalue weighted by Gasteiger charge is 2.28. The van der Waals surface area contributed by atoms with Crippen LogP contribution in [0.1, 0.15) is 61.6 Å². The van der Waals surface area contributed by atoms with Crippen LogP contribution in [0.2, 0.25) is 0 Å². The molecule has 0 atom stereocenters. The second kappa shape index (κ2) is 11.4. The van der Waals surface area contributed by atoms with E-state index in [9.17, 15) is 5.26 Å². The Morgan fingerprint density at radius 3 is 2.57 bits per heavy atom. The third kappa shape index (κ3) is 5.62. The Balaban J connectivity index is 1.19. The van der Waals surface area contributed by atoms with Crippen LogP contribution in [0.5, 0.6) is 0 Å². The first kappa shape index (κ1) is 24.7. The molecule has 0 spiro atoms. The van der Waals surface area contributed by atoms with Gasteiger partial charge in [-0.2, -0.15) is 14.7 Å². The molecule has 11 heteroatoms. The van der Waals surface area contributed by atoms with Crippen molar-refractivity contribution in [1.29, 1.82) is 5.26 Å². The number of anilines is 1. The van der Waals surface area contributed by atoms with Crippen molar-refractivity contribution >= 4 is 27.6 Å². The molecule has 2 aliphatic heterocycles. The molecule has 10 nitrogen and oxygen atoms in total. The smallest absolute Gasteiger partial charge is 0.149 e. The molecule has 0 aromatic carbocycles. The van der Waals surface area contributed by atoms with Crippen molar-refractivity contribution < 1.29 is 9.47 Å². The Labute approximate surface area is 221 Å². The molecule has 0 unspecified atom stereocenters. The summed E-state index contributed by atoms with van der Waals surface area (Å²) in [5.41, 5.74) is 1.87. The van der Waals surface area contributed by atoms with E-state index in [1.54, 1.807) is 0 Å². The predicted molar refractivity (Wildman–Crippen MR) is 141 cm³/mol. The average Bonchev–Trinajstić information content (AvgIpc) is 3.58. The van der Waals surface area contributed by atoms with Crippen molar-refractivity contribution in [3.63, 3.8) is 0 Å². The monoisotopic (exact) mass is 522 g/mol. The van der Waals surface area contributed by atoms with Crippen molar-refractivity contribution in [2.45, 2.75) is 69.5 Å². The molecule has 3 aromatic rings. The lowest BCUT2D eigenvalue weighted by Crippen LogP contribution is -2.46. The SMILES string of the molecule is N#CCc1nsc2nc(Cc3cnn(C4CCOCC4)c3)nc(NC3CCC(N4CCOCC4)CC3)c12. The lowest BCUT2D eigenvalue weighted by Gasteiger charge is -2.39. The zero-order valence-electron chi connectivity index (χ0n) is 21.1. The number of nitrogens with one attached hydrogen (secondary N) is 1. The molecule has 1 aliphatic carbocycles. The number of nitriles is 1. The highest BCUT2D eigenvalue weighted by atomic mass is 32.1. The number of aromatic nitrogens is 5. The van der Waals surface area contributed by atoms with Gasteiger partial charge in [-0.25, -0.2) is 9.97 Å². The van der Waals surface area contributed by atoms with Gasteiger partial charge < -0.3 is 14.8 Å². The van der Waals surface area contributed by atoms with Crippen LogP contribution in [0.25, 0.3) is 10.2 Å². The normalized spacial score (nSPS) is 23.8. The second-order valence-electron chi connectivity index (χ2n) is 10.3. The number of morpholine rings is 1. The summed E-state index contributed by atoms with van der Waals surface area (Å²) >= 11 is 1.36. The van der Waals surface area contributed by atoms with Gasteiger partial charge in [0.05, 0.1) is 49.0 Å². The van der Waals surface area contributed by atoms with Crippen molar-refractivity contribution in [1.82, 2.24) is 29.0 Å². The van der Waals surface area contributed by atoms with E-state index in [1.807, 2.05) is 6.20 Å². The summed E-state index contributed by atoms with van der Waals surface area (Å²) in [5, 5.41) is 18.6. The van der Waals surface area contributed by atoms with Crippen molar-refractivity contribution in [2.75, 3.05) is 44.8 Å². The topological polar surface area (TPSA) is 114 Å². The van der Waals surface area contributed by atoms with Gasteiger partial charge in [0.25, 0.3) is 0 Å². The summed E-state index contributed by atoms with van der Waals surface area (Å²) in [7, 11) is 0. The van der Waals surface area contributed by atoms with Gasteiger partial charge in [-0.05, 0) is 55.6 Å². The number of fused-ring (bicyclic) bond motifs is 1. The summed E-state index contributed by atoms with van der Waals surface area (Å²) in [4.78, 5) is 13.3. The molecule has 0 amide bonds.